The summed E-state index contributed by atoms with van der Waals surface area (Å²) in [6.45, 7) is 9.86. The van der Waals surface area contributed by atoms with Crippen molar-refractivity contribution in [2.24, 2.45) is 0 Å². The normalized spacial score (nSPS) is 17.3. The number of ketones is 1. The molecule has 0 spiro atoms. The molecule has 1 aromatic heterocycles. The van der Waals surface area contributed by atoms with Crippen molar-refractivity contribution in [1.29, 1.82) is 0 Å². The molecule has 1 N–H and O–H groups in total. The van der Waals surface area contributed by atoms with Crippen LogP contribution in [0.5, 0.6) is 0 Å². The number of carbonyl (C=O) groups is 2. The molecule has 1 unspecified atom stereocenters. The summed E-state index contributed by atoms with van der Waals surface area (Å²) in [4.78, 5) is 34.4. The monoisotopic (exact) mass is 455 g/mol. The van der Waals surface area contributed by atoms with E-state index in [1.807, 2.05) is 56.3 Å². The number of rotatable bonds is 6. The summed E-state index contributed by atoms with van der Waals surface area (Å²) in [6, 6.07) is 16.1. The Labute approximate surface area is 200 Å². The lowest BCUT2D eigenvalue weighted by Gasteiger charge is -2.28. The SMILES string of the molecule is CCN(CC)c1ccc(C2/C(=C(\O)c3ccncc3)C(=O)C(=O)N2c2cccc(C)c2C)cc1. The Bertz CT molecular complexity index is 1250. The molecule has 4 rings (SSSR count). The second-order valence-electron chi connectivity index (χ2n) is 8.39. The van der Waals surface area contributed by atoms with E-state index in [1.54, 1.807) is 24.5 Å². The number of aryl methyl sites for hydroxylation is 1. The first-order valence-corrected chi connectivity index (χ1v) is 11.5. The van der Waals surface area contributed by atoms with Gasteiger partial charge in [0.2, 0.25) is 0 Å². The molecule has 0 aliphatic carbocycles. The van der Waals surface area contributed by atoms with Gasteiger partial charge in [-0.15, -0.1) is 0 Å². The van der Waals surface area contributed by atoms with Crippen molar-refractivity contribution in [3.8, 4) is 0 Å². The molecule has 6 nitrogen and oxygen atoms in total. The average Bonchev–Trinajstić information content (AvgIpc) is 3.12. The molecule has 0 bridgehead atoms. The predicted octanol–water partition coefficient (Wildman–Crippen LogP) is 5.17. The fourth-order valence-electron chi connectivity index (χ4n) is 4.51. The molecular weight excluding hydrogens is 426 g/mol. The number of hydrogen-bond acceptors (Lipinski definition) is 5. The highest BCUT2D eigenvalue weighted by Crippen LogP contribution is 2.43. The van der Waals surface area contributed by atoms with Crippen LogP contribution in [0.15, 0.2) is 72.6 Å². The summed E-state index contributed by atoms with van der Waals surface area (Å²) < 4.78 is 0. The molecule has 6 heteroatoms. The minimum Gasteiger partial charge on any atom is -0.507 e. The van der Waals surface area contributed by atoms with Crippen LogP contribution in [-0.4, -0.2) is 34.9 Å². The zero-order valence-corrected chi connectivity index (χ0v) is 19.9. The maximum Gasteiger partial charge on any atom is 0.300 e. The zero-order valence-electron chi connectivity index (χ0n) is 19.9. The van der Waals surface area contributed by atoms with Crippen molar-refractivity contribution in [2.75, 3.05) is 22.9 Å². The molecule has 3 aromatic rings. The van der Waals surface area contributed by atoms with E-state index in [9.17, 15) is 14.7 Å². The molecule has 2 aromatic carbocycles. The van der Waals surface area contributed by atoms with E-state index in [1.165, 1.54) is 4.90 Å². The number of hydrogen-bond donors (Lipinski definition) is 1. The Kier molecular flexibility index (Phi) is 6.50. The summed E-state index contributed by atoms with van der Waals surface area (Å²) in [5, 5.41) is 11.2. The lowest BCUT2D eigenvalue weighted by atomic mass is 9.94. The van der Waals surface area contributed by atoms with Crippen LogP contribution in [0.3, 0.4) is 0 Å². The van der Waals surface area contributed by atoms with Crippen LogP contribution < -0.4 is 9.80 Å². The maximum absolute atomic E-state index is 13.4. The molecule has 1 saturated heterocycles. The lowest BCUT2D eigenvalue weighted by Crippen LogP contribution is -2.30. The van der Waals surface area contributed by atoms with Crippen molar-refractivity contribution in [1.82, 2.24) is 4.98 Å². The van der Waals surface area contributed by atoms with Gasteiger partial charge >= 0.3 is 0 Å². The number of pyridine rings is 1. The van der Waals surface area contributed by atoms with Crippen LogP contribution >= 0.6 is 0 Å². The second-order valence-corrected chi connectivity index (χ2v) is 8.39. The summed E-state index contributed by atoms with van der Waals surface area (Å²) in [5.41, 5.74) is 4.93. The number of nitrogens with zero attached hydrogens (tertiary/aromatic N) is 3. The Morgan fingerprint density at radius 1 is 0.971 bits per heavy atom. The van der Waals surface area contributed by atoms with E-state index in [-0.39, 0.29) is 11.3 Å². The van der Waals surface area contributed by atoms with E-state index in [0.717, 1.165) is 35.5 Å². The Balaban J connectivity index is 1.93. The smallest absolute Gasteiger partial charge is 0.300 e. The molecule has 34 heavy (non-hydrogen) atoms. The van der Waals surface area contributed by atoms with E-state index >= 15 is 0 Å². The van der Waals surface area contributed by atoms with E-state index in [0.29, 0.717) is 11.3 Å². The van der Waals surface area contributed by atoms with Gasteiger partial charge in [0.15, 0.2) is 0 Å². The summed E-state index contributed by atoms with van der Waals surface area (Å²) in [5.74, 6) is -1.55. The first-order chi connectivity index (χ1) is 16.4. The predicted molar refractivity (Wildman–Crippen MR) is 135 cm³/mol. The Morgan fingerprint density at radius 3 is 2.24 bits per heavy atom. The number of aliphatic hydroxyl groups is 1. The topological polar surface area (TPSA) is 73.7 Å². The summed E-state index contributed by atoms with van der Waals surface area (Å²) in [7, 11) is 0. The van der Waals surface area contributed by atoms with Gasteiger partial charge in [-0.3, -0.25) is 19.5 Å². The molecule has 1 atom stereocenters. The van der Waals surface area contributed by atoms with Gasteiger partial charge in [0.05, 0.1) is 11.6 Å². The van der Waals surface area contributed by atoms with Crippen molar-refractivity contribution in [3.05, 3.63) is 94.8 Å². The first kappa shape index (κ1) is 23.2. The minimum atomic E-state index is -0.751. The third-order valence-corrected chi connectivity index (χ3v) is 6.57. The summed E-state index contributed by atoms with van der Waals surface area (Å²) in [6.07, 6.45) is 3.09. The van der Waals surface area contributed by atoms with Crippen LogP contribution in [0.2, 0.25) is 0 Å². The van der Waals surface area contributed by atoms with Gasteiger partial charge in [0, 0.05) is 42.4 Å². The minimum absolute atomic E-state index is 0.0766. The highest BCUT2D eigenvalue weighted by molar-refractivity contribution is 6.51. The van der Waals surface area contributed by atoms with Crippen LogP contribution in [0.25, 0.3) is 5.76 Å². The van der Waals surface area contributed by atoms with Gasteiger partial charge < -0.3 is 10.0 Å². The van der Waals surface area contributed by atoms with Gasteiger partial charge in [-0.25, -0.2) is 0 Å². The van der Waals surface area contributed by atoms with E-state index in [2.05, 4.69) is 23.7 Å². The number of benzene rings is 2. The highest BCUT2D eigenvalue weighted by atomic mass is 16.3. The van der Waals surface area contributed by atoms with Gasteiger partial charge in [-0.05, 0) is 74.7 Å². The number of anilines is 2. The number of aromatic nitrogens is 1. The zero-order chi connectivity index (χ0) is 24.4. The van der Waals surface area contributed by atoms with E-state index < -0.39 is 17.7 Å². The first-order valence-electron chi connectivity index (χ1n) is 11.5. The fraction of sp³-hybridized carbons (Fsp3) is 0.250. The third kappa shape index (κ3) is 3.96. The van der Waals surface area contributed by atoms with Crippen LogP contribution in [0.4, 0.5) is 11.4 Å². The molecular formula is C28H29N3O3. The Hall–Kier alpha value is -3.93. The largest absolute Gasteiger partial charge is 0.507 e. The summed E-state index contributed by atoms with van der Waals surface area (Å²) >= 11 is 0. The number of amides is 1. The van der Waals surface area contributed by atoms with Crippen molar-refractivity contribution in [2.45, 2.75) is 33.7 Å². The van der Waals surface area contributed by atoms with E-state index in [4.69, 9.17) is 0 Å². The molecule has 1 amide bonds. The Morgan fingerprint density at radius 2 is 1.62 bits per heavy atom. The molecule has 2 heterocycles. The number of Topliss-reactive ketones (excluding diaryl/α,β-unsaturated/α-hetero) is 1. The van der Waals surface area contributed by atoms with Gasteiger partial charge in [-0.2, -0.15) is 0 Å². The maximum atomic E-state index is 13.4. The van der Waals surface area contributed by atoms with Gasteiger partial charge in [-0.1, -0.05) is 24.3 Å². The molecule has 0 saturated carbocycles. The standard InChI is InChI=1S/C28H29N3O3/c1-5-30(6-2)22-12-10-20(11-13-22)25-24(26(32)21-14-16-29-17-15-21)27(33)28(34)31(25)23-9-7-8-18(3)19(23)4/h7-17,25,32H,5-6H2,1-4H3/b26-24+. The number of carbonyl (C=O) groups excluding carboxylic acids is 2. The highest BCUT2D eigenvalue weighted by Gasteiger charge is 2.47. The average molecular weight is 456 g/mol. The van der Waals surface area contributed by atoms with Crippen molar-refractivity contribution < 1.29 is 14.7 Å². The van der Waals surface area contributed by atoms with Crippen LogP contribution in [0.1, 0.15) is 42.1 Å². The molecule has 174 valence electrons. The molecule has 0 radical (unpaired) electrons. The number of aliphatic hydroxyl groups excluding tert-OH is 1. The molecule has 1 fully saturated rings. The lowest BCUT2D eigenvalue weighted by molar-refractivity contribution is -0.132. The van der Waals surface area contributed by atoms with Gasteiger partial charge in [0.25, 0.3) is 11.7 Å². The van der Waals surface area contributed by atoms with Gasteiger partial charge in [0.1, 0.15) is 5.76 Å². The molecule has 1 aliphatic heterocycles. The van der Waals surface area contributed by atoms with Crippen molar-refractivity contribution >= 4 is 28.8 Å². The van der Waals surface area contributed by atoms with Crippen LogP contribution in [0, 0.1) is 13.8 Å². The van der Waals surface area contributed by atoms with Crippen LogP contribution in [-0.2, 0) is 9.59 Å². The third-order valence-electron chi connectivity index (χ3n) is 6.57. The quantitative estimate of drug-likeness (QED) is 0.315. The fourth-order valence-corrected chi connectivity index (χ4v) is 4.51. The second kappa shape index (κ2) is 9.51. The molecule has 1 aliphatic rings. The van der Waals surface area contributed by atoms with Crippen molar-refractivity contribution in [3.63, 3.8) is 0 Å².